The fourth-order valence-electron chi connectivity index (χ4n) is 3.40. The van der Waals surface area contributed by atoms with Gasteiger partial charge in [0.25, 0.3) is 0 Å². The van der Waals surface area contributed by atoms with Crippen molar-refractivity contribution in [3.05, 3.63) is 35.4 Å². The predicted octanol–water partition coefficient (Wildman–Crippen LogP) is 3.90. The van der Waals surface area contributed by atoms with E-state index in [1.807, 2.05) is 0 Å². The number of rotatable bonds is 8. The fourth-order valence-corrected chi connectivity index (χ4v) is 3.40. The summed E-state index contributed by atoms with van der Waals surface area (Å²) in [6.07, 6.45) is 6.31. The number of fused-ring (bicyclic) bond motifs is 1. The van der Waals surface area contributed by atoms with Gasteiger partial charge in [-0.05, 0) is 62.6 Å². The van der Waals surface area contributed by atoms with Crippen molar-refractivity contribution in [2.75, 3.05) is 19.8 Å². The van der Waals surface area contributed by atoms with Gasteiger partial charge >= 0.3 is 0 Å². The first-order valence-electron chi connectivity index (χ1n) is 8.24. The molecule has 1 aromatic carbocycles. The molecule has 0 saturated carbocycles. The average molecular weight is 275 g/mol. The molecule has 0 spiro atoms. The first kappa shape index (κ1) is 15.5. The molecule has 2 rings (SSSR count). The van der Waals surface area contributed by atoms with Crippen molar-refractivity contribution in [1.29, 1.82) is 0 Å². The lowest BCUT2D eigenvalue weighted by Gasteiger charge is -2.29. The molecular weight excluding hydrogens is 246 g/mol. The maximum Gasteiger partial charge on any atom is 0.0480 e. The van der Waals surface area contributed by atoms with Crippen molar-refractivity contribution in [1.82, 2.24) is 5.32 Å². The van der Waals surface area contributed by atoms with E-state index in [2.05, 4.69) is 43.4 Å². The van der Waals surface area contributed by atoms with Crippen molar-refractivity contribution in [3.63, 3.8) is 0 Å². The van der Waals surface area contributed by atoms with E-state index in [-0.39, 0.29) is 0 Å². The van der Waals surface area contributed by atoms with Gasteiger partial charge in [0, 0.05) is 19.3 Å². The molecular formula is C18H29NO. The minimum absolute atomic E-state index is 0.586. The normalized spacial score (nSPS) is 19.6. The number of aryl methyl sites for hydroxylation is 1. The van der Waals surface area contributed by atoms with Gasteiger partial charge in [-0.3, -0.25) is 0 Å². The zero-order valence-electron chi connectivity index (χ0n) is 13.0. The molecule has 1 aliphatic rings. The molecule has 1 aliphatic carbocycles. The Hall–Kier alpha value is -0.860. The molecule has 112 valence electrons. The molecule has 0 saturated heterocycles. The summed E-state index contributed by atoms with van der Waals surface area (Å²) in [5.41, 5.74) is 3.17. The highest BCUT2D eigenvalue weighted by atomic mass is 16.5. The standard InChI is InChI=1S/C18H29NO/c1-3-19-17(12-13-20-4-2)14-16-10-7-9-15-8-5-6-11-18(15)16/h5-6,8,11,16-17,19H,3-4,7,9-10,12-14H2,1-2H3. The smallest absolute Gasteiger partial charge is 0.0480 e. The first-order valence-corrected chi connectivity index (χ1v) is 8.24. The van der Waals surface area contributed by atoms with Crippen LogP contribution in [-0.2, 0) is 11.2 Å². The zero-order chi connectivity index (χ0) is 14.2. The lowest BCUT2D eigenvalue weighted by atomic mass is 9.79. The van der Waals surface area contributed by atoms with Gasteiger partial charge in [0.2, 0.25) is 0 Å². The van der Waals surface area contributed by atoms with E-state index >= 15 is 0 Å². The number of nitrogens with one attached hydrogen (secondary N) is 1. The quantitative estimate of drug-likeness (QED) is 0.727. The Labute approximate surface area is 123 Å². The maximum atomic E-state index is 5.53. The summed E-state index contributed by atoms with van der Waals surface area (Å²) in [6.45, 7) is 7.01. The highest BCUT2D eigenvalue weighted by Crippen LogP contribution is 2.34. The molecule has 0 bridgehead atoms. The second-order valence-corrected chi connectivity index (χ2v) is 5.76. The van der Waals surface area contributed by atoms with Crippen LogP contribution in [0.25, 0.3) is 0 Å². The maximum absolute atomic E-state index is 5.53. The topological polar surface area (TPSA) is 21.3 Å². The Balaban J connectivity index is 1.96. The van der Waals surface area contributed by atoms with Gasteiger partial charge in [-0.25, -0.2) is 0 Å². The number of benzene rings is 1. The van der Waals surface area contributed by atoms with Gasteiger partial charge < -0.3 is 10.1 Å². The van der Waals surface area contributed by atoms with Gasteiger partial charge in [0.15, 0.2) is 0 Å². The molecule has 20 heavy (non-hydrogen) atoms. The SMILES string of the molecule is CCNC(CCOCC)CC1CCCc2ccccc21. The van der Waals surface area contributed by atoms with Crippen LogP contribution in [-0.4, -0.2) is 25.8 Å². The third-order valence-corrected chi connectivity index (χ3v) is 4.37. The second-order valence-electron chi connectivity index (χ2n) is 5.76. The Morgan fingerprint density at radius 2 is 2.15 bits per heavy atom. The molecule has 0 aliphatic heterocycles. The van der Waals surface area contributed by atoms with Crippen molar-refractivity contribution in [2.45, 2.75) is 57.9 Å². The summed E-state index contributed by atoms with van der Waals surface area (Å²) in [7, 11) is 0. The molecule has 0 amide bonds. The van der Waals surface area contributed by atoms with Gasteiger partial charge in [-0.2, -0.15) is 0 Å². The summed E-state index contributed by atoms with van der Waals surface area (Å²) in [5, 5.41) is 3.64. The van der Waals surface area contributed by atoms with Gasteiger partial charge in [-0.1, -0.05) is 31.2 Å². The van der Waals surface area contributed by atoms with E-state index in [0.29, 0.717) is 6.04 Å². The largest absolute Gasteiger partial charge is 0.382 e. The van der Waals surface area contributed by atoms with Crippen molar-refractivity contribution >= 4 is 0 Å². The molecule has 2 nitrogen and oxygen atoms in total. The molecule has 2 heteroatoms. The number of ether oxygens (including phenoxy) is 1. The summed E-state index contributed by atoms with van der Waals surface area (Å²) >= 11 is 0. The highest BCUT2D eigenvalue weighted by Gasteiger charge is 2.22. The molecule has 2 atom stereocenters. The summed E-state index contributed by atoms with van der Waals surface area (Å²) in [5.74, 6) is 0.727. The first-order chi connectivity index (χ1) is 9.85. The third kappa shape index (κ3) is 4.32. The van der Waals surface area contributed by atoms with Crippen molar-refractivity contribution in [2.24, 2.45) is 0 Å². The Bertz CT molecular complexity index is 391. The summed E-state index contributed by atoms with van der Waals surface area (Å²) < 4.78 is 5.53. The molecule has 1 aromatic rings. The highest BCUT2D eigenvalue weighted by molar-refractivity contribution is 5.32. The zero-order valence-corrected chi connectivity index (χ0v) is 13.0. The summed E-state index contributed by atoms with van der Waals surface area (Å²) in [4.78, 5) is 0. The minimum Gasteiger partial charge on any atom is -0.382 e. The van der Waals surface area contributed by atoms with Crippen LogP contribution in [0.3, 0.4) is 0 Å². The number of hydrogen-bond donors (Lipinski definition) is 1. The van der Waals surface area contributed by atoms with E-state index in [9.17, 15) is 0 Å². The molecule has 0 fully saturated rings. The van der Waals surface area contributed by atoms with E-state index in [4.69, 9.17) is 4.74 Å². The second kappa shape index (κ2) is 8.43. The van der Waals surface area contributed by atoms with Crippen LogP contribution in [0.5, 0.6) is 0 Å². The lowest BCUT2D eigenvalue weighted by Crippen LogP contribution is -2.32. The van der Waals surface area contributed by atoms with Crippen LogP contribution in [0.4, 0.5) is 0 Å². The molecule has 0 radical (unpaired) electrons. The van der Waals surface area contributed by atoms with Gasteiger partial charge in [-0.15, -0.1) is 0 Å². The Kier molecular flexibility index (Phi) is 6.55. The molecule has 1 N–H and O–H groups in total. The van der Waals surface area contributed by atoms with Crippen LogP contribution in [0.1, 0.15) is 56.6 Å². The lowest BCUT2D eigenvalue weighted by molar-refractivity contribution is 0.134. The van der Waals surface area contributed by atoms with Gasteiger partial charge in [0.1, 0.15) is 0 Å². The fraction of sp³-hybridized carbons (Fsp3) is 0.667. The van der Waals surface area contributed by atoms with Crippen LogP contribution in [0.15, 0.2) is 24.3 Å². The van der Waals surface area contributed by atoms with Crippen LogP contribution < -0.4 is 5.32 Å². The van der Waals surface area contributed by atoms with E-state index in [1.54, 1.807) is 11.1 Å². The average Bonchev–Trinajstić information content (AvgIpc) is 2.48. The third-order valence-electron chi connectivity index (χ3n) is 4.37. The molecule has 2 unspecified atom stereocenters. The summed E-state index contributed by atoms with van der Waals surface area (Å²) in [6, 6.07) is 9.61. The van der Waals surface area contributed by atoms with E-state index < -0.39 is 0 Å². The van der Waals surface area contributed by atoms with E-state index in [1.165, 1.54) is 25.7 Å². The molecule has 0 aromatic heterocycles. The van der Waals surface area contributed by atoms with Gasteiger partial charge in [0.05, 0.1) is 0 Å². The Morgan fingerprint density at radius 1 is 1.30 bits per heavy atom. The predicted molar refractivity (Wildman–Crippen MR) is 85.3 cm³/mol. The minimum atomic E-state index is 0.586. The van der Waals surface area contributed by atoms with Crippen molar-refractivity contribution in [3.8, 4) is 0 Å². The van der Waals surface area contributed by atoms with Crippen LogP contribution in [0, 0.1) is 0 Å². The monoisotopic (exact) mass is 275 g/mol. The van der Waals surface area contributed by atoms with Crippen LogP contribution in [0.2, 0.25) is 0 Å². The Morgan fingerprint density at radius 3 is 2.95 bits per heavy atom. The van der Waals surface area contributed by atoms with Crippen molar-refractivity contribution < 1.29 is 4.74 Å². The molecule has 0 heterocycles. The van der Waals surface area contributed by atoms with Crippen LogP contribution >= 0.6 is 0 Å². The van der Waals surface area contributed by atoms with E-state index in [0.717, 1.165) is 32.1 Å². The number of hydrogen-bond acceptors (Lipinski definition) is 2.